The predicted molar refractivity (Wildman–Crippen MR) is 119 cm³/mol. The third kappa shape index (κ3) is 4.72. The van der Waals surface area contributed by atoms with E-state index in [2.05, 4.69) is 30.5 Å². The maximum Gasteiger partial charge on any atom is 0.264 e. The molecule has 0 fully saturated rings. The van der Waals surface area contributed by atoms with Gasteiger partial charge in [0.05, 0.1) is 20.3 Å². The number of amides is 1. The Morgan fingerprint density at radius 1 is 1.09 bits per heavy atom. The molecule has 1 aromatic carbocycles. The summed E-state index contributed by atoms with van der Waals surface area (Å²) in [5.74, 6) is -0.463. The predicted octanol–water partition coefficient (Wildman–Crippen LogP) is 2.30. The lowest BCUT2D eigenvalue weighted by Gasteiger charge is -2.21. The fourth-order valence-corrected chi connectivity index (χ4v) is 3.25. The molecule has 0 aliphatic carbocycles. The lowest BCUT2D eigenvalue weighted by Crippen LogP contribution is -2.34. The fraction of sp³-hybridized carbons (Fsp3) is 0.130. The van der Waals surface area contributed by atoms with Crippen LogP contribution in [0.5, 0.6) is 11.8 Å². The smallest absolute Gasteiger partial charge is 0.264 e. The largest absolute Gasteiger partial charge is 0.481 e. The quantitative estimate of drug-likeness (QED) is 0.428. The maximum absolute atomic E-state index is 13.6. The number of ether oxygens (including phenoxy) is 2. The first-order valence-corrected chi connectivity index (χ1v) is 10.0. The van der Waals surface area contributed by atoms with Crippen molar-refractivity contribution in [1.29, 1.82) is 0 Å². The second-order valence-electron chi connectivity index (χ2n) is 6.99. The number of nitrogens with zero attached hydrogens (tertiary/aromatic N) is 4. The van der Waals surface area contributed by atoms with E-state index in [0.717, 1.165) is 6.20 Å². The van der Waals surface area contributed by atoms with Crippen LogP contribution in [0, 0.1) is 5.82 Å². The van der Waals surface area contributed by atoms with E-state index < -0.39 is 23.3 Å². The average Bonchev–Trinajstić information content (AvgIpc) is 2.88. The van der Waals surface area contributed by atoms with Crippen molar-refractivity contribution in [3.05, 3.63) is 93.8 Å². The normalized spacial score (nSPS) is 11.5. The Morgan fingerprint density at radius 3 is 2.53 bits per heavy atom. The van der Waals surface area contributed by atoms with Crippen LogP contribution in [-0.2, 0) is 0 Å². The van der Waals surface area contributed by atoms with Crippen molar-refractivity contribution in [3.63, 3.8) is 0 Å². The highest BCUT2D eigenvalue weighted by Crippen LogP contribution is 2.31. The zero-order valence-electron chi connectivity index (χ0n) is 18.2. The number of benzene rings is 1. The van der Waals surface area contributed by atoms with Crippen LogP contribution in [0.1, 0.15) is 27.5 Å². The van der Waals surface area contributed by atoms with Crippen LogP contribution < -0.4 is 20.3 Å². The van der Waals surface area contributed by atoms with Crippen LogP contribution in [0.2, 0.25) is 0 Å². The molecule has 2 N–H and O–H groups in total. The number of hydrogen-bond donors (Lipinski definition) is 2. The van der Waals surface area contributed by atoms with Gasteiger partial charge in [-0.05, 0) is 35.9 Å². The van der Waals surface area contributed by atoms with Gasteiger partial charge in [-0.25, -0.2) is 9.37 Å². The van der Waals surface area contributed by atoms with E-state index in [9.17, 15) is 14.0 Å². The highest BCUT2D eigenvalue weighted by Gasteiger charge is 2.24. The van der Waals surface area contributed by atoms with Crippen molar-refractivity contribution >= 4 is 5.91 Å². The molecule has 10 nitrogen and oxygen atoms in total. The Morgan fingerprint density at radius 2 is 1.88 bits per heavy atom. The first kappa shape index (κ1) is 22.5. The van der Waals surface area contributed by atoms with Gasteiger partial charge >= 0.3 is 0 Å². The molecular formula is C23H19FN6O4. The van der Waals surface area contributed by atoms with Crippen LogP contribution in [0.3, 0.4) is 0 Å². The second kappa shape index (κ2) is 9.86. The number of aromatic amines is 1. The van der Waals surface area contributed by atoms with Gasteiger partial charge in [-0.2, -0.15) is 10.1 Å². The number of rotatable bonds is 7. The molecule has 11 heteroatoms. The molecule has 1 amide bonds. The van der Waals surface area contributed by atoms with Crippen molar-refractivity contribution in [2.75, 3.05) is 14.2 Å². The molecule has 1 unspecified atom stereocenters. The van der Waals surface area contributed by atoms with Crippen LogP contribution in [-0.4, -0.2) is 45.3 Å². The second-order valence-corrected chi connectivity index (χ2v) is 6.99. The summed E-state index contributed by atoms with van der Waals surface area (Å²) in [5, 5.41) is 10.4. The Hall–Kier alpha value is -4.67. The van der Waals surface area contributed by atoms with Crippen LogP contribution >= 0.6 is 0 Å². The summed E-state index contributed by atoms with van der Waals surface area (Å²) in [6, 6.07) is 11.3. The average molecular weight is 462 g/mol. The minimum Gasteiger partial charge on any atom is -0.481 e. The van der Waals surface area contributed by atoms with Gasteiger partial charge in [-0.15, -0.1) is 5.10 Å². The van der Waals surface area contributed by atoms with Gasteiger partial charge in [-0.3, -0.25) is 9.59 Å². The number of aromatic nitrogens is 5. The molecule has 0 aliphatic heterocycles. The zero-order chi connectivity index (χ0) is 24.1. The lowest BCUT2D eigenvalue weighted by molar-refractivity contribution is 0.0940. The van der Waals surface area contributed by atoms with Gasteiger partial charge in [0.15, 0.2) is 5.82 Å². The number of nitrogens with one attached hydrogen (secondary N) is 2. The standard InChI is InChI=1S/C23H19FN6O4/c1-33-18-10-9-15(23(27-18)34-2)19(13-5-7-14(24)8-6-13)28-21(31)16-12-25-20(29-22(16)32)17-4-3-11-26-30-17/h3-12,19H,1-2H3,(H,28,31)(H,25,29,32). The molecule has 34 heavy (non-hydrogen) atoms. The third-order valence-electron chi connectivity index (χ3n) is 4.92. The van der Waals surface area contributed by atoms with Crippen molar-refractivity contribution in [3.8, 4) is 23.3 Å². The van der Waals surface area contributed by atoms with E-state index in [4.69, 9.17) is 9.47 Å². The molecule has 4 rings (SSSR count). The number of carbonyl (C=O) groups excluding carboxylic acids is 1. The first-order valence-electron chi connectivity index (χ1n) is 10.0. The molecule has 0 aliphatic rings. The third-order valence-corrected chi connectivity index (χ3v) is 4.92. The van der Waals surface area contributed by atoms with Gasteiger partial charge in [-0.1, -0.05) is 12.1 Å². The summed E-state index contributed by atoms with van der Waals surface area (Å²) < 4.78 is 24.1. The van der Waals surface area contributed by atoms with Crippen LogP contribution in [0.25, 0.3) is 11.5 Å². The maximum atomic E-state index is 13.6. The van der Waals surface area contributed by atoms with Crippen LogP contribution in [0.15, 0.2) is 65.7 Å². The summed E-state index contributed by atoms with van der Waals surface area (Å²) in [6.07, 6.45) is 2.64. The SMILES string of the molecule is COc1ccc(C(NC(=O)c2cnc(-c3cccnn3)[nH]c2=O)c2ccc(F)cc2)c(OC)n1. The molecule has 3 heterocycles. The highest BCUT2D eigenvalue weighted by molar-refractivity contribution is 5.94. The molecular weight excluding hydrogens is 443 g/mol. The summed E-state index contributed by atoms with van der Waals surface area (Å²) in [5.41, 5.74) is 0.486. The van der Waals surface area contributed by atoms with Crippen molar-refractivity contribution in [2.45, 2.75) is 6.04 Å². The van der Waals surface area contributed by atoms with E-state index >= 15 is 0 Å². The molecule has 0 bridgehead atoms. The highest BCUT2D eigenvalue weighted by atomic mass is 19.1. The molecule has 0 radical (unpaired) electrons. The molecule has 3 aromatic heterocycles. The lowest BCUT2D eigenvalue weighted by atomic mass is 9.99. The summed E-state index contributed by atoms with van der Waals surface area (Å²) in [7, 11) is 2.89. The van der Waals surface area contributed by atoms with Gasteiger partial charge in [0.1, 0.15) is 17.1 Å². The number of H-pyrrole nitrogens is 1. The zero-order valence-corrected chi connectivity index (χ0v) is 18.2. The number of hydrogen-bond acceptors (Lipinski definition) is 8. The van der Waals surface area contributed by atoms with E-state index in [1.54, 1.807) is 24.3 Å². The minimum atomic E-state index is -0.819. The molecule has 1 atom stereocenters. The van der Waals surface area contributed by atoms with Gasteiger partial charge in [0.25, 0.3) is 11.5 Å². The van der Waals surface area contributed by atoms with Gasteiger partial charge < -0.3 is 19.8 Å². The topological polar surface area (TPSA) is 132 Å². The Kier molecular flexibility index (Phi) is 6.53. The molecule has 0 saturated carbocycles. The molecule has 0 spiro atoms. The van der Waals surface area contributed by atoms with Crippen molar-refractivity contribution in [1.82, 2.24) is 30.5 Å². The van der Waals surface area contributed by atoms with Crippen molar-refractivity contribution in [2.24, 2.45) is 0 Å². The summed E-state index contributed by atoms with van der Waals surface area (Å²) in [4.78, 5) is 36.7. The number of carbonyl (C=O) groups is 1. The van der Waals surface area contributed by atoms with E-state index in [-0.39, 0.29) is 17.3 Å². The Labute approximate surface area is 192 Å². The fourth-order valence-electron chi connectivity index (χ4n) is 3.25. The Bertz CT molecular complexity index is 1360. The first-order chi connectivity index (χ1) is 16.5. The number of methoxy groups -OCH3 is 2. The molecule has 172 valence electrons. The Balaban J connectivity index is 1.70. The minimum absolute atomic E-state index is 0.172. The molecule has 0 saturated heterocycles. The number of pyridine rings is 1. The van der Waals surface area contributed by atoms with Crippen LogP contribution in [0.4, 0.5) is 4.39 Å². The molecule has 4 aromatic rings. The monoisotopic (exact) mass is 462 g/mol. The van der Waals surface area contributed by atoms with E-state index in [0.29, 0.717) is 22.7 Å². The summed E-state index contributed by atoms with van der Waals surface area (Å²) in [6.45, 7) is 0. The number of halogens is 1. The van der Waals surface area contributed by atoms with Gasteiger partial charge in [0.2, 0.25) is 11.8 Å². The van der Waals surface area contributed by atoms with E-state index in [1.807, 2.05) is 0 Å². The summed E-state index contributed by atoms with van der Waals surface area (Å²) >= 11 is 0. The van der Waals surface area contributed by atoms with E-state index in [1.165, 1.54) is 44.7 Å². The van der Waals surface area contributed by atoms with Gasteiger partial charge in [0, 0.05) is 24.0 Å². The van der Waals surface area contributed by atoms with Crippen molar-refractivity contribution < 1.29 is 18.7 Å².